The number of carbonyl (C=O) groups excluding carboxylic acids is 1. The Labute approximate surface area is 132 Å². The fourth-order valence-corrected chi connectivity index (χ4v) is 2.74. The summed E-state index contributed by atoms with van der Waals surface area (Å²) >= 11 is 1.43. The van der Waals surface area contributed by atoms with Gasteiger partial charge in [-0.25, -0.2) is 4.98 Å². The Kier molecular flexibility index (Phi) is 4.77. The molecule has 0 aliphatic heterocycles. The fourth-order valence-electron chi connectivity index (χ4n) is 1.93. The average Bonchev–Trinajstić information content (AvgIpc) is 2.75. The van der Waals surface area contributed by atoms with Gasteiger partial charge < -0.3 is 10.4 Å². The van der Waals surface area contributed by atoms with Gasteiger partial charge in [-0.3, -0.25) is 14.9 Å². The van der Waals surface area contributed by atoms with E-state index in [1.807, 2.05) is 13.8 Å². The van der Waals surface area contributed by atoms with Crippen LogP contribution in [0.2, 0.25) is 0 Å². The van der Waals surface area contributed by atoms with E-state index >= 15 is 0 Å². The van der Waals surface area contributed by atoms with Crippen molar-refractivity contribution >= 4 is 34.0 Å². The molecule has 0 saturated heterocycles. The van der Waals surface area contributed by atoms with Gasteiger partial charge in [-0.15, -0.1) is 11.3 Å². The zero-order valence-electron chi connectivity index (χ0n) is 12.6. The topological polar surface area (TPSA) is 91.3 Å². The molecule has 0 aliphatic carbocycles. The zero-order chi connectivity index (χ0) is 16.3. The molecule has 1 heterocycles. The molecule has 3 N–H and O–H groups in total. The molecule has 22 heavy (non-hydrogen) atoms. The number of carbonyl (C=O) groups is 2. The largest absolute Gasteiger partial charge is 0.480 e. The number of hydrogen-bond acceptors (Lipinski definition) is 5. The summed E-state index contributed by atoms with van der Waals surface area (Å²) in [5.41, 5.74) is 2.71. The summed E-state index contributed by atoms with van der Waals surface area (Å²) in [5, 5.41) is 14.8. The Balaban J connectivity index is 2.18. The van der Waals surface area contributed by atoms with Crippen molar-refractivity contribution in [3.8, 4) is 0 Å². The van der Waals surface area contributed by atoms with Crippen molar-refractivity contribution in [2.24, 2.45) is 0 Å². The number of carboxylic acids is 1. The summed E-state index contributed by atoms with van der Waals surface area (Å²) < 4.78 is 0. The third-order valence-electron chi connectivity index (χ3n) is 3.26. The lowest BCUT2D eigenvalue weighted by atomic mass is 10.1. The maximum absolute atomic E-state index is 12.4. The minimum Gasteiger partial charge on any atom is -0.480 e. The number of nitrogens with one attached hydrogen (secondary N) is 2. The Hall–Kier alpha value is -2.41. The molecule has 0 spiro atoms. The highest BCUT2D eigenvalue weighted by atomic mass is 32.1. The lowest BCUT2D eigenvalue weighted by molar-refractivity contribution is -0.134. The van der Waals surface area contributed by atoms with Gasteiger partial charge in [0.05, 0.1) is 5.69 Å². The Morgan fingerprint density at radius 1 is 1.27 bits per heavy atom. The van der Waals surface area contributed by atoms with Gasteiger partial charge >= 0.3 is 5.97 Å². The van der Waals surface area contributed by atoms with Gasteiger partial charge in [0.25, 0.3) is 5.91 Å². The van der Waals surface area contributed by atoms with E-state index in [1.165, 1.54) is 11.3 Å². The summed E-state index contributed by atoms with van der Waals surface area (Å²) in [7, 11) is 0. The minimum atomic E-state index is -0.956. The van der Waals surface area contributed by atoms with Crippen LogP contribution in [-0.4, -0.2) is 28.5 Å². The maximum Gasteiger partial charge on any atom is 0.322 e. The first-order valence-corrected chi connectivity index (χ1v) is 7.50. The average molecular weight is 319 g/mol. The van der Waals surface area contributed by atoms with Crippen LogP contribution < -0.4 is 10.6 Å². The lowest BCUT2D eigenvalue weighted by Gasteiger charge is -2.11. The maximum atomic E-state index is 12.4. The minimum absolute atomic E-state index is 0.198. The van der Waals surface area contributed by atoms with Crippen molar-refractivity contribution in [3.63, 3.8) is 0 Å². The normalized spacial score (nSPS) is 10.3. The molecule has 6 nitrogen and oxygen atoms in total. The number of aromatic nitrogens is 1. The van der Waals surface area contributed by atoms with Crippen molar-refractivity contribution in [1.82, 2.24) is 4.98 Å². The number of aryl methyl sites for hydroxylation is 2. The van der Waals surface area contributed by atoms with E-state index in [2.05, 4.69) is 15.6 Å². The predicted molar refractivity (Wildman–Crippen MR) is 86.8 cm³/mol. The molecule has 1 amide bonds. The fraction of sp³-hybridized carbons (Fsp3) is 0.267. The Morgan fingerprint density at radius 2 is 2.00 bits per heavy atom. The second-order valence-electron chi connectivity index (χ2n) is 4.84. The van der Waals surface area contributed by atoms with Crippen LogP contribution in [0.3, 0.4) is 0 Å². The summed E-state index contributed by atoms with van der Waals surface area (Å²) in [6.45, 7) is 5.42. The molecule has 1 aromatic heterocycles. The van der Waals surface area contributed by atoms with E-state index in [0.717, 1.165) is 10.6 Å². The van der Waals surface area contributed by atoms with Crippen LogP contribution in [0.4, 0.5) is 10.8 Å². The van der Waals surface area contributed by atoms with E-state index < -0.39 is 5.97 Å². The first-order valence-electron chi connectivity index (χ1n) is 6.69. The number of rotatable bonds is 5. The number of amides is 1. The molecule has 0 fully saturated rings. The van der Waals surface area contributed by atoms with E-state index in [1.54, 1.807) is 25.1 Å². The number of aliphatic carboxylic acids is 1. The van der Waals surface area contributed by atoms with Crippen molar-refractivity contribution in [2.75, 3.05) is 17.2 Å². The van der Waals surface area contributed by atoms with Gasteiger partial charge in [0.15, 0.2) is 5.13 Å². The number of hydrogen-bond donors (Lipinski definition) is 3. The summed E-state index contributed by atoms with van der Waals surface area (Å²) in [6.07, 6.45) is 0. The molecule has 0 saturated carbocycles. The molecule has 7 heteroatoms. The van der Waals surface area contributed by atoms with Crippen LogP contribution in [0.5, 0.6) is 0 Å². The van der Waals surface area contributed by atoms with Crippen molar-refractivity contribution < 1.29 is 14.7 Å². The molecule has 2 rings (SSSR count). The molecule has 0 unspecified atom stereocenters. The highest BCUT2D eigenvalue weighted by Crippen LogP contribution is 2.24. The lowest BCUT2D eigenvalue weighted by Crippen LogP contribution is -2.16. The second-order valence-corrected chi connectivity index (χ2v) is 6.04. The van der Waals surface area contributed by atoms with Gasteiger partial charge in [-0.05, 0) is 38.5 Å². The van der Waals surface area contributed by atoms with Crippen LogP contribution in [0, 0.1) is 20.8 Å². The first kappa shape index (κ1) is 16.0. The van der Waals surface area contributed by atoms with Crippen LogP contribution in [-0.2, 0) is 4.79 Å². The summed E-state index contributed by atoms with van der Waals surface area (Å²) in [4.78, 5) is 28.3. The van der Waals surface area contributed by atoms with Crippen LogP contribution in [0.25, 0.3) is 0 Å². The van der Waals surface area contributed by atoms with Crippen molar-refractivity contribution in [3.05, 3.63) is 39.9 Å². The Morgan fingerprint density at radius 3 is 2.59 bits per heavy atom. The number of anilines is 2. The number of thiazole rings is 1. The molecular formula is C15H17N3O3S. The Bertz CT molecular complexity index is 705. The molecular weight excluding hydrogens is 302 g/mol. The van der Waals surface area contributed by atoms with Gasteiger partial charge in [0, 0.05) is 16.1 Å². The SMILES string of the molecule is Cc1nc(NC(=O)c2cccc(NCC(=O)O)c2C)sc1C. The van der Waals surface area contributed by atoms with Gasteiger partial charge in [0.2, 0.25) is 0 Å². The molecule has 0 aliphatic rings. The zero-order valence-corrected chi connectivity index (χ0v) is 13.4. The van der Waals surface area contributed by atoms with E-state index in [0.29, 0.717) is 21.9 Å². The third-order valence-corrected chi connectivity index (χ3v) is 4.25. The molecule has 116 valence electrons. The summed E-state index contributed by atoms with van der Waals surface area (Å²) in [6, 6.07) is 5.15. The number of nitrogens with zero attached hydrogens (tertiary/aromatic N) is 1. The second kappa shape index (κ2) is 6.57. The van der Waals surface area contributed by atoms with Gasteiger partial charge in [-0.1, -0.05) is 6.07 Å². The standard InChI is InChI=1S/C15H17N3O3S/c1-8-11(5-4-6-12(8)16-7-13(19)20)14(21)18-15-17-9(2)10(3)22-15/h4-6,16H,7H2,1-3H3,(H,19,20)(H,17,18,21). The quantitative estimate of drug-likeness (QED) is 0.788. The molecule has 1 aromatic carbocycles. The third kappa shape index (κ3) is 3.62. The van der Waals surface area contributed by atoms with E-state index in [9.17, 15) is 9.59 Å². The highest BCUT2D eigenvalue weighted by molar-refractivity contribution is 7.15. The van der Waals surface area contributed by atoms with Gasteiger partial charge in [-0.2, -0.15) is 0 Å². The van der Waals surface area contributed by atoms with Crippen LogP contribution >= 0.6 is 11.3 Å². The molecule has 2 aromatic rings. The number of benzene rings is 1. The predicted octanol–water partition coefficient (Wildman–Crippen LogP) is 2.82. The summed E-state index contributed by atoms with van der Waals surface area (Å²) in [5.74, 6) is -1.21. The molecule has 0 radical (unpaired) electrons. The highest BCUT2D eigenvalue weighted by Gasteiger charge is 2.14. The van der Waals surface area contributed by atoms with Crippen molar-refractivity contribution in [2.45, 2.75) is 20.8 Å². The van der Waals surface area contributed by atoms with Crippen LogP contribution in [0.15, 0.2) is 18.2 Å². The van der Waals surface area contributed by atoms with E-state index in [-0.39, 0.29) is 12.5 Å². The van der Waals surface area contributed by atoms with Crippen LogP contribution in [0.1, 0.15) is 26.5 Å². The van der Waals surface area contributed by atoms with E-state index in [4.69, 9.17) is 5.11 Å². The van der Waals surface area contributed by atoms with Gasteiger partial charge in [0.1, 0.15) is 6.54 Å². The number of carboxylic acid groups (broad SMARTS) is 1. The molecule has 0 bridgehead atoms. The first-order chi connectivity index (χ1) is 10.4. The smallest absolute Gasteiger partial charge is 0.322 e. The van der Waals surface area contributed by atoms with Crippen molar-refractivity contribution in [1.29, 1.82) is 0 Å². The molecule has 0 atom stereocenters. The monoisotopic (exact) mass is 319 g/mol.